The lowest BCUT2D eigenvalue weighted by atomic mass is 9.99. The molecular weight excluding hydrogens is 442 g/mol. The molecule has 5 aromatic rings. The van der Waals surface area contributed by atoms with Crippen molar-refractivity contribution in [1.82, 2.24) is 24.4 Å². The monoisotopic (exact) mass is 467 g/mol. The third-order valence-electron chi connectivity index (χ3n) is 5.89. The predicted molar refractivity (Wildman–Crippen MR) is 135 cm³/mol. The minimum Gasteiger partial charge on any atom is -0.497 e. The topological polar surface area (TPSA) is 94.2 Å². The van der Waals surface area contributed by atoms with Crippen LogP contribution in [-0.4, -0.2) is 44.5 Å². The Kier molecular flexibility index (Phi) is 6.38. The van der Waals surface area contributed by atoms with Crippen LogP contribution in [-0.2, 0) is 6.54 Å². The number of imidazole rings is 1. The van der Waals surface area contributed by atoms with Crippen molar-refractivity contribution in [1.29, 1.82) is 0 Å². The van der Waals surface area contributed by atoms with E-state index in [4.69, 9.17) is 9.84 Å². The molecule has 0 atom stereocenters. The van der Waals surface area contributed by atoms with Gasteiger partial charge >= 0.3 is 0 Å². The average molecular weight is 468 g/mol. The summed E-state index contributed by atoms with van der Waals surface area (Å²) in [6.07, 6.45) is 3.12. The van der Waals surface area contributed by atoms with Crippen LogP contribution in [0.1, 0.15) is 5.56 Å². The highest BCUT2D eigenvalue weighted by Crippen LogP contribution is 2.25. The first-order chi connectivity index (χ1) is 17.2. The number of ether oxygens (including phenoxy) is 1. The number of fused-ring (bicyclic) bond motifs is 1. The Morgan fingerprint density at radius 3 is 2.26 bits per heavy atom. The number of nitrogens with zero attached hydrogens (tertiary/aromatic N) is 4. The fraction of sp³-hybridized carbons (Fsp3) is 0.148. The molecule has 176 valence electrons. The molecule has 0 fully saturated rings. The molecule has 0 spiro atoms. The second-order valence-electron chi connectivity index (χ2n) is 8.01. The summed E-state index contributed by atoms with van der Waals surface area (Å²) in [6, 6.07) is 23.4. The highest BCUT2D eigenvalue weighted by molar-refractivity contribution is 5.73. The lowest BCUT2D eigenvalue weighted by Gasteiger charge is -2.12. The van der Waals surface area contributed by atoms with Crippen molar-refractivity contribution in [3.8, 4) is 28.3 Å². The lowest BCUT2D eigenvalue weighted by Crippen LogP contribution is -2.20. The zero-order valence-electron chi connectivity index (χ0n) is 19.3. The van der Waals surface area contributed by atoms with Crippen LogP contribution < -0.4 is 15.6 Å². The largest absolute Gasteiger partial charge is 0.497 e. The number of aliphatic hydroxyl groups excluding tert-OH is 1. The van der Waals surface area contributed by atoms with Gasteiger partial charge in [-0.2, -0.15) is 0 Å². The maximum atomic E-state index is 13.5. The van der Waals surface area contributed by atoms with Crippen molar-refractivity contribution in [3.63, 3.8) is 0 Å². The highest BCUT2D eigenvalue weighted by atomic mass is 16.5. The van der Waals surface area contributed by atoms with E-state index in [1.807, 2.05) is 60.7 Å². The predicted octanol–water partition coefficient (Wildman–Crippen LogP) is 3.33. The molecule has 8 nitrogen and oxygen atoms in total. The van der Waals surface area contributed by atoms with Gasteiger partial charge in [0, 0.05) is 18.8 Å². The van der Waals surface area contributed by atoms with Gasteiger partial charge in [-0.05, 0) is 53.1 Å². The van der Waals surface area contributed by atoms with E-state index in [1.54, 1.807) is 18.0 Å². The van der Waals surface area contributed by atoms with Crippen LogP contribution >= 0.6 is 0 Å². The molecule has 0 aliphatic rings. The number of rotatable bonds is 8. The van der Waals surface area contributed by atoms with Crippen LogP contribution in [0.3, 0.4) is 0 Å². The van der Waals surface area contributed by atoms with Crippen molar-refractivity contribution >= 4 is 11.2 Å². The number of hydrogen-bond donors (Lipinski definition) is 2. The SMILES string of the molecule is COc1ccc(-n2cnc3ncn(-c4ccc(-c5ccccc5CNCCO)cc4)c(=O)c32)cc1. The van der Waals surface area contributed by atoms with E-state index >= 15 is 0 Å². The third-order valence-corrected chi connectivity index (χ3v) is 5.89. The van der Waals surface area contributed by atoms with Gasteiger partial charge in [0.05, 0.1) is 19.4 Å². The van der Waals surface area contributed by atoms with Gasteiger partial charge in [0.25, 0.3) is 5.56 Å². The zero-order valence-corrected chi connectivity index (χ0v) is 19.3. The molecule has 3 aromatic carbocycles. The minimum atomic E-state index is -0.204. The van der Waals surface area contributed by atoms with Gasteiger partial charge in [-0.15, -0.1) is 0 Å². The third kappa shape index (κ3) is 4.44. The summed E-state index contributed by atoms with van der Waals surface area (Å²) in [5.74, 6) is 0.736. The Morgan fingerprint density at radius 2 is 1.54 bits per heavy atom. The minimum absolute atomic E-state index is 0.0986. The molecule has 5 rings (SSSR count). The molecule has 0 saturated carbocycles. The van der Waals surface area contributed by atoms with E-state index in [0.29, 0.717) is 29.9 Å². The molecule has 2 aromatic heterocycles. The number of methoxy groups -OCH3 is 1. The Bertz CT molecular complexity index is 1510. The van der Waals surface area contributed by atoms with Gasteiger partial charge in [0.1, 0.15) is 18.4 Å². The van der Waals surface area contributed by atoms with Crippen LogP contribution in [0.4, 0.5) is 0 Å². The maximum Gasteiger partial charge on any atom is 0.284 e. The van der Waals surface area contributed by atoms with Gasteiger partial charge < -0.3 is 15.2 Å². The standard InChI is InChI=1S/C27H25N5O3/c1-35-23-12-10-21(11-13-23)31-17-29-26-25(31)27(34)32(18-30-26)22-8-6-19(7-9-22)24-5-3-2-4-20(24)16-28-14-15-33/h2-13,17-18,28,33H,14-16H2,1H3. The zero-order chi connectivity index (χ0) is 24.2. The van der Waals surface area contributed by atoms with Crippen molar-refractivity contribution in [2.45, 2.75) is 6.54 Å². The van der Waals surface area contributed by atoms with E-state index in [2.05, 4.69) is 27.4 Å². The number of nitrogens with one attached hydrogen (secondary N) is 1. The summed E-state index contributed by atoms with van der Waals surface area (Å²) < 4.78 is 8.50. The first-order valence-corrected chi connectivity index (χ1v) is 11.3. The van der Waals surface area contributed by atoms with Crippen molar-refractivity contribution < 1.29 is 9.84 Å². The van der Waals surface area contributed by atoms with Crippen molar-refractivity contribution in [2.24, 2.45) is 0 Å². The normalized spacial score (nSPS) is 11.1. The van der Waals surface area contributed by atoms with Gasteiger partial charge in [-0.3, -0.25) is 13.9 Å². The second kappa shape index (κ2) is 9.92. The maximum absolute atomic E-state index is 13.5. The molecule has 0 radical (unpaired) electrons. The summed E-state index contributed by atoms with van der Waals surface area (Å²) in [4.78, 5) is 22.2. The van der Waals surface area contributed by atoms with E-state index in [-0.39, 0.29) is 12.2 Å². The molecule has 2 N–H and O–H groups in total. The number of benzene rings is 3. The Hall–Kier alpha value is -4.27. The van der Waals surface area contributed by atoms with E-state index < -0.39 is 0 Å². The molecule has 8 heteroatoms. The summed E-state index contributed by atoms with van der Waals surface area (Å²) in [7, 11) is 1.61. The molecule has 0 saturated heterocycles. The van der Waals surface area contributed by atoms with Gasteiger partial charge in [-0.25, -0.2) is 9.97 Å². The van der Waals surface area contributed by atoms with Crippen molar-refractivity contribution in [3.05, 3.63) is 101 Å². The van der Waals surface area contributed by atoms with Gasteiger partial charge in [-0.1, -0.05) is 36.4 Å². The van der Waals surface area contributed by atoms with Crippen LogP contribution in [0, 0.1) is 0 Å². The molecule has 2 heterocycles. The Labute approximate surface area is 202 Å². The summed E-state index contributed by atoms with van der Waals surface area (Å²) in [5.41, 5.74) is 5.38. The Morgan fingerprint density at radius 1 is 0.886 bits per heavy atom. The first kappa shape index (κ1) is 22.5. The molecule has 0 bridgehead atoms. The molecule has 0 aliphatic heterocycles. The molecule has 0 amide bonds. The summed E-state index contributed by atoms with van der Waals surface area (Å²) in [6.45, 7) is 1.30. The fourth-order valence-electron chi connectivity index (χ4n) is 4.09. The first-order valence-electron chi connectivity index (χ1n) is 11.3. The molecule has 0 aliphatic carbocycles. The number of aliphatic hydroxyl groups is 1. The van der Waals surface area contributed by atoms with E-state index in [0.717, 1.165) is 28.1 Å². The highest BCUT2D eigenvalue weighted by Gasteiger charge is 2.14. The average Bonchev–Trinajstić information content (AvgIpc) is 3.35. The van der Waals surface area contributed by atoms with Gasteiger partial charge in [0.2, 0.25) is 0 Å². The quantitative estimate of drug-likeness (QED) is 0.340. The molecule has 35 heavy (non-hydrogen) atoms. The van der Waals surface area contributed by atoms with Crippen LogP contribution in [0.5, 0.6) is 5.75 Å². The van der Waals surface area contributed by atoms with E-state index in [9.17, 15) is 4.79 Å². The fourth-order valence-corrected chi connectivity index (χ4v) is 4.09. The van der Waals surface area contributed by atoms with Gasteiger partial charge in [0.15, 0.2) is 11.2 Å². The van der Waals surface area contributed by atoms with Crippen LogP contribution in [0.15, 0.2) is 90.2 Å². The summed E-state index contributed by atoms with van der Waals surface area (Å²) in [5, 5.41) is 12.3. The second-order valence-corrected chi connectivity index (χ2v) is 8.01. The molecular formula is C27H25N5O3. The van der Waals surface area contributed by atoms with Crippen LogP contribution in [0.25, 0.3) is 33.7 Å². The smallest absolute Gasteiger partial charge is 0.284 e. The van der Waals surface area contributed by atoms with Crippen LogP contribution in [0.2, 0.25) is 0 Å². The van der Waals surface area contributed by atoms with E-state index in [1.165, 1.54) is 10.9 Å². The summed E-state index contributed by atoms with van der Waals surface area (Å²) >= 11 is 0. The Balaban J connectivity index is 1.50. The number of aromatic nitrogens is 4. The molecule has 0 unspecified atom stereocenters. The van der Waals surface area contributed by atoms with Crippen molar-refractivity contribution in [2.75, 3.05) is 20.3 Å². The number of hydrogen-bond acceptors (Lipinski definition) is 6. The lowest BCUT2D eigenvalue weighted by molar-refractivity contribution is 0.292.